The Morgan fingerprint density at radius 3 is 2.57 bits per heavy atom. The molecule has 0 amide bonds. The molecule has 0 atom stereocenters. The van der Waals surface area contributed by atoms with E-state index in [2.05, 4.69) is 15.4 Å². The van der Waals surface area contributed by atoms with Gasteiger partial charge in [0.2, 0.25) is 0 Å². The second kappa shape index (κ2) is 8.36. The van der Waals surface area contributed by atoms with Crippen LogP contribution in [-0.2, 0) is 9.53 Å². The van der Waals surface area contributed by atoms with E-state index in [0.29, 0.717) is 5.69 Å². The van der Waals surface area contributed by atoms with Crippen LogP contribution in [0.15, 0.2) is 42.4 Å². The highest BCUT2D eigenvalue weighted by Crippen LogP contribution is 2.12. The molecule has 112 valence electrons. The number of carbonyl (C=O) groups excluding carboxylic acids is 1. The van der Waals surface area contributed by atoms with Crippen LogP contribution in [0.4, 0.5) is 5.69 Å². The van der Waals surface area contributed by atoms with Crippen LogP contribution in [0.25, 0.3) is 6.08 Å². The molecule has 0 bridgehead atoms. The third-order valence-corrected chi connectivity index (χ3v) is 2.52. The van der Waals surface area contributed by atoms with Gasteiger partial charge in [-0.2, -0.15) is 0 Å². The fourth-order valence-corrected chi connectivity index (χ4v) is 1.47. The average Bonchev–Trinajstić information content (AvgIpc) is 2.47. The van der Waals surface area contributed by atoms with E-state index in [0.717, 1.165) is 11.8 Å². The van der Waals surface area contributed by atoms with E-state index in [-0.39, 0.29) is 18.2 Å². The smallest absolute Gasteiger partial charge is 0.309 e. The Hall–Kier alpha value is -2.83. The number of ether oxygens (including phenoxy) is 1. The van der Waals surface area contributed by atoms with Crippen LogP contribution >= 0.6 is 0 Å². The number of hydrogen-bond donors (Lipinski definition) is 2. The monoisotopic (exact) mass is 291 g/mol. The third kappa shape index (κ3) is 6.24. The molecule has 21 heavy (non-hydrogen) atoms. The van der Waals surface area contributed by atoms with E-state index in [1.807, 2.05) is 12.1 Å². The summed E-state index contributed by atoms with van der Waals surface area (Å²) in [6.45, 7) is 0. The minimum Gasteiger partial charge on any atom is -0.469 e. The highest BCUT2D eigenvalue weighted by Gasteiger charge is 2.01. The zero-order valence-electron chi connectivity index (χ0n) is 11.8. The number of rotatable bonds is 7. The summed E-state index contributed by atoms with van der Waals surface area (Å²) in [7, 11) is 2.93. The van der Waals surface area contributed by atoms with Gasteiger partial charge in [0.05, 0.1) is 18.5 Å². The van der Waals surface area contributed by atoms with Gasteiger partial charge in [-0.15, -0.1) is 0 Å². The Bertz CT molecular complexity index is 550. The lowest BCUT2D eigenvalue weighted by Gasteiger charge is -2.07. The second-order valence-electron chi connectivity index (χ2n) is 4.01. The van der Waals surface area contributed by atoms with Crippen molar-refractivity contribution in [2.75, 3.05) is 19.5 Å². The molecule has 1 aromatic carbocycles. The number of benzene rings is 1. The van der Waals surface area contributed by atoms with Crippen LogP contribution in [0.2, 0.25) is 0 Å². The minimum absolute atomic E-state index is 0.214. The summed E-state index contributed by atoms with van der Waals surface area (Å²) >= 11 is 0. The molecular formula is C14H17N3O4. The Morgan fingerprint density at radius 1 is 1.38 bits per heavy atom. The maximum Gasteiger partial charge on any atom is 0.309 e. The Kier molecular flexibility index (Phi) is 6.46. The van der Waals surface area contributed by atoms with Crippen molar-refractivity contribution >= 4 is 17.7 Å². The molecule has 0 aliphatic carbocycles. The first kappa shape index (κ1) is 16.2. The van der Waals surface area contributed by atoms with Gasteiger partial charge in [0.25, 0.3) is 6.20 Å². The first-order valence-electron chi connectivity index (χ1n) is 6.18. The fourth-order valence-electron chi connectivity index (χ4n) is 1.47. The average molecular weight is 291 g/mol. The second-order valence-corrected chi connectivity index (χ2v) is 4.01. The van der Waals surface area contributed by atoms with Crippen molar-refractivity contribution in [3.8, 4) is 0 Å². The molecule has 7 heteroatoms. The summed E-state index contributed by atoms with van der Waals surface area (Å²) in [5.74, 6) is -0.0119. The first-order valence-corrected chi connectivity index (χ1v) is 6.18. The molecule has 0 spiro atoms. The largest absolute Gasteiger partial charge is 0.469 e. The van der Waals surface area contributed by atoms with Gasteiger partial charge in [0.15, 0.2) is 5.82 Å². The molecule has 0 radical (unpaired) electrons. The van der Waals surface area contributed by atoms with Gasteiger partial charge in [-0.3, -0.25) is 14.9 Å². The standard InChI is InChI=1S/C14H17N3O4/c1-15-13(10-17(19)20)16-12-8-6-11(7-9-12)4-3-5-14(18)21-2/h3-4,6-10,15-16H,5H2,1-2H3/b4-3+,13-10?. The fraction of sp³-hybridized carbons (Fsp3) is 0.214. The summed E-state index contributed by atoms with van der Waals surface area (Å²) in [6, 6.07) is 7.22. The molecule has 0 aromatic heterocycles. The molecule has 0 saturated carbocycles. The van der Waals surface area contributed by atoms with Crippen molar-refractivity contribution in [3.05, 3.63) is 58.0 Å². The normalized spacial score (nSPS) is 11.2. The number of methoxy groups -OCH3 is 1. The summed E-state index contributed by atoms with van der Waals surface area (Å²) < 4.78 is 4.53. The number of nitrogens with zero attached hydrogens (tertiary/aromatic N) is 1. The first-order chi connectivity index (χ1) is 10.0. The molecule has 7 nitrogen and oxygen atoms in total. The zero-order valence-corrected chi connectivity index (χ0v) is 11.8. The van der Waals surface area contributed by atoms with Gasteiger partial charge in [-0.1, -0.05) is 24.3 Å². The van der Waals surface area contributed by atoms with Gasteiger partial charge >= 0.3 is 5.97 Å². The zero-order chi connectivity index (χ0) is 15.7. The van der Waals surface area contributed by atoms with Crippen LogP contribution in [0.5, 0.6) is 0 Å². The number of carbonyl (C=O) groups is 1. The lowest BCUT2D eigenvalue weighted by Crippen LogP contribution is -2.16. The predicted molar refractivity (Wildman–Crippen MR) is 79.9 cm³/mol. The molecule has 2 N–H and O–H groups in total. The van der Waals surface area contributed by atoms with Crippen LogP contribution in [0, 0.1) is 10.1 Å². The lowest BCUT2D eigenvalue weighted by molar-refractivity contribution is -0.403. The van der Waals surface area contributed by atoms with Crippen molar-refractivity contribution in [2.45, 2.75) is 6.42 Å². The summed E-state index contributed by atoms with van der Waals surface area (Å²) in [4.78, 5) is 20.8. The van der Waals surface area contributed by atoms with Crippen molar-refractivity contribution in [1.29, 1.82) is 0 Å². The molecule has 0 aliphatic rings. The van der Waals surface area contributed by atoms with Gasteiger partial charge in [-0.05, 0) is 17.7 Å². The SMILES string of the molecule is CNC(=C[N+](=O)[O-])Nc1ccc(/C=C/CC(=O)OC)cc1. The molecule has 1 rings (SSSR count). The van der Waals surface area contributed by atoms with Crippen molar-refractivity contribution in [2.24, 2.45) is 0 Å². The van der Waals surface area contributed by atoms with Crippen molar-refractivity contribution in [3.63, 3.8) is 0 Å². The van der Waals surface area contributed by atoms with Gasteiger partial charge in [0.1, 0.15) is 0 Å². The molecule has 0 aliphatic heterocycles. The van der Waals surface area contributed by atoms with E-state index >= 15 is 0 Å². The van der Waals surface area contributed by atoms with Gasteiger partial charge in [-0.25, -0.2) is 0 Å². The third-order valence-electron chi connectivity index (χ3n) is 2.52. The van der Waals surface area contributed by atoms with E-state index in [9.17, 15) is 14.9 Å². The van der Waals surface area contributed by atoms with Crippen LogP contribution in [0.1, 0.15) is 12.0 Å². The van der Waals surface area contributed by atoms with Gasteiger partial charge < -0.3 is 15.4 Å². The molecule has 0 heterocycles. The maximum absolute atomic E-state index is 10.9. The summed E-state index contributed by atoms with van der Waals surface area (Å²) in [6.07, 6.45) is 4.57. The minimum atomic E-state index is -0.539. The Balaban J connectivity index is 2.65. The number of anilines is 1. The number of esters is 1. The predicted octanol–water partition coefficient (Wildman–Crippen LogP) is 1.97. The topological polar surface area (TPSA) is 93.5 Å². The van der Waals surface area contributed by atoms with E-state index in [4.69, 9.17) is 0 Å². The lowest BCUT2D eigenvalue weighted by atomic mass is 10.2. The number of hydrogen-bond acceptors (Lipinski definition) is 6. The molecule has 0 unspecified atom stereocenters. The highest BCUT2D eigenvalue weighted by molar-refractivity contribution is 5.72. The summed E-state index contributed by atoms with van der Waals surface area (Å²) in [5.41, 5.74) is 1.62. The number of nitro groups is 1. The summed E-state index contributed by atoms with van der Waals surface area (Å²) in [5, 5.41) is 16.0. The van der Waals surface area contributed by atoms with E-state index < -0.39 is 4.92 Å². The molecule has 1 aromatic rings. The highest BCUT2D eigenvalue weighted by atomic mass is 16.6. The van der Waals surface area contributed by atoms with E-state index in [1.165, 1.54) is 7.11 Å². The van der Waals surface area contributed by atoms with Crippen LogP contribution in [-0.4, -0.2) is 25.1 Å². The quantitative estimate of drug-likeness (QED) is 0.453. The number of nitrogens with one attached hydrogen (secondary N) is 2. The molecular weight excluding hydrogens is 274 g/mol. The van der Waals surface area contributed by atoms with Crippen molar-refractivity contribution < 1.29 is 14.5 Å². The Morgan fingerprint density at radius 2 is 2.05 bits per heavy atom. The van der Waals surface area contributed by atoms with Crippen LogP contribution in [0.3, 0.4) is 0 Å². The molecule has 0 saturated heterocycles. The van der Waals surface area contributed by atoms with Crippen LogP contribution < -0.4 is 10.6 Å². The Labute approximate surface area is 122 Å². The van der Waals surface area contributed by atoms with Crippen molar-refractivity contribution in [1.82, 2.24) is 5.32 Å². The molecule has 0 fully saturated rings. The van der Waals surface area contributed by atoms with E-state index in [1.54, 1.807) is 31.3 Å². The van der Waals surface area contributed by atoms with Gasteiger partial charge in [0, 0.05) is 12.7 Å². The maximum atomic E-state index is 10.9.